The van der Waals surface area contributed by atoms with Gasteiger partial charge in [-0.25, -0.2) is 4.79 Å². The average Bonchev–Trinajstić information content (AvgIpc) is 2.73. The molecule has 2 aromatic rings. The van der Waals surface area contributed by atoms with Gasteiger partial charge in [-0.2, -0.15) is 0 Å². The summed E-state index contributed by atoms with van der Waals surface area (Å²) in [5.74, 6) is 0. The fraction of sp³-hybridized carbons (Fsp3) is 0.562. The van der Waals surface area contributed by atoms with Crippen LogP contribution in [-0.4, -0.2) is 15.7 Å². The van der Waals surface area contributed by atoms with Crippen molar-refractivity contribution in [2.45, 2.75) is 37.5 Å². The predicted molar refractivity (Wildman–Crippen MR) is 82.0 cm³/mol. The molecule has 0 amide bonds. The van der Waals surface area contributed by atoms with Crippen LogP contribution in [0.1, 0.15) is 37.7 Å². The van der Waals surface area contributed by atoms with Gasteiger partial charge in [0.25, 0.3) is 0 Å². The molecule has 0 spiro atoms. The SMILES string of the molecule is Cn1c(=O)n(C)c2c(C3(CN)CCCCC3)cccc21. The maximum Gasteiger partial charge on any atom is 0.328 e. The molecule has 1 fully saturated rings. The second kappa shape index (κ2) is 4.77. The standard InChI is InChI=1S/C16H23N3O/c1-18-13-8-6-7-12(14(13)19(2)15(18)20)16(11-17)9-4-3-5-10-16/h6-8H,3-5,9-11,17H2,1-2H3. The van der Waals surface area contributed by atoms with Gasteiger partial charge in [-0.05, 0) is 24.5 Å². The molecule has 1 aliphatic rings. The molecule has 0 bridgehead atoms. The molecule has 108 valence electrons. The third-order valence-electron chi connectivity index (χ3n) is 5.06. The molecule has 0 saturated heterocycles. The first-order valence-corrected chi connectivity index (χ1v) is 7.46. The van der Waals surface area contributed by atoms with Crippen LogP contribution >= 0.6 is 0 Å². The maximum atomic E-state index is 12.2. The van der Waals surface area contributed by atoms with E-state index >= 15 is 0 Å². The Morgan fingerprint density at radius 1 is 1.15 bits per heavy atom. The van der Waals surface area contributed by atoms with Crippen molar-refractivity contribution < 1.29 is 0 Å². The molecule has 0 atom stereocenters. The quantitative estimate of drug-likeness (QED) is 0.910. The molecule has 1 aliphatic carbocycles. The zero-order valence-corrected chi connectivity index (χ0v) is 12.4. The molecule has 1 aromatic heterocycles. The zero-order chi connectivity index (χ0) is 14.3. The Kier molecular flexibility index (Phi) is 3.21. The van der Waals surface area contributed by atoms with E-state index in [1.807, 2.05) is 20.2 Å². The lowest BCUT2D eigenvalue weighted by Gasteiger charge is -2.37. The molecule has 0 radical (unpaired) electrons. The highest BCUT2D eigenvalue weighted by Gasteiger charge is 2.35. The van der Waals surface area contributed by atoms with Crippen molar-refractivity contribution in [1.29, 1.82) is 0 Å². The first-order chi connectivity index (χ1) is 9.60. The minimum Gasteiger partial charge on any atom is -0.330 e. The van der Waals surface area contributed by atoms with Crippen molar-refractivity contribution in [3.8, 4) is 0 Å². The maximum absolute atomic E-state index is 12.2. The van der Waals surface area contributed by atoms with Crippen LogP contribution in [0.15, 0.2) is 23.0 Å². The van der Waals surface area contributed by atoms with E-state index in [1.165, 1.54) is 24.8 Å². The fourth-order valence-corrected chi connectivity index (χ4v) is 3.82. The molecule has 3 rings (SSSR count). The van der Waals surface area contributed by atoms with Crippen LogP contribution in [0, 0.1) is 0 Å². The Morgan fingerprint density at radius 3 is 2.50 bits per heavy atom. The van der Waals surface area contributed by atoms with Gasteiger partial charge in [0.05, 0.1) is 11.0 Å². The summed E-state index contributed by atoms with van der Waals surface area (Å²) >= 11 is 0. The molecule has 20 heavy (non-hydrogen) atoms. The Morgan fingerprint density at radius 2 is 1.85 bits per heavy atom. The lowest BCUT2D eigenvalue weighted by Crippen LogP contribution is -2.37. The van der Waals surface area contributed by atoms with Crippen molar-refractivity contribution in [1.82, 2.24) is 9.13 Å². The number of benzene rings is 1. The van der Waals surface area contributed by atoms with Crippen molar-refractivity contribution in [3.63, 3.8) is 0 Å². The van der Waals surface area contributed by atoms with Gasteiger partial charge in [0.15, 0.2) is 0 Å². The topological polar surface area (TPSA) is 53.0 Å². The normalized spacial score (nSPS) is 18.6. The summed E-state index contributed by atoms with van der Waals surface area (Å²) < 4.78 is 3.50. The van der Waals surface area contributed by atoms with Crippen LogP contribution in [0.4, 0.5) is 0 Å². The highest BCUT2D eigenvalue weighted by Crippen LogP contribution is 2.41. The van der Waals surface area contributed by atoms with E-state index in [0.29, 0.717) is 6.54 Å². The summed E-state index contributed by atoms with van der Waals surface area (Å²) in [5, 5.41) is 0. The monoisotopic (exact) mass is 273 g/mol. The van der Waals surface area contributed by atoms with E-state index in [4.69, 9.17) is 5.73 Å². The number of aryl methyl sites for hydroxylation is 2. The predicted octanol–water partition coefficient (Wildman–Crippen LogP) is 2.04. The number of nitrogens with two attached hydrogens (primary N) is 1. The van der Waals surface area contributed by atoms with Crippen LogP contribution in [0.25, 0.3) is 11.0 Å². The molecule has 4 heteroatoms. The summed E-state index contributed by atoms with van der Waals surface area (Å²) in [5.41, 5.74) is 9.58. The van der Waals surface area contributed by atoms with Crippen LogP contribution in [-0.2, 0) is 19.5 Å². The molecule has 0 aliphatic heterocycles. The summed E-state index contributed by atoms with van der Waals surface area (Å²) in [6, 6.07) is 6.25. The van der Waals surface area contributed by atoms with Gasteiger partial charge in [-0.1, -0.05) is 31.4 Å². The van der Waals surface area contributed by atoms with Crippen molar-refractivity contribution in [3.05, 3.63) is 34.2 Å². The van der Waals surface area contributed by atoms with Gasteiger partial charge in [-0.15, -0.1) is 0 Å². The minimum atomic E-state index is 0.0374. The molecular formula is C16H23N3O. The van der Waals surface area contributed by atoms with Gasteiger partial charge in [-0.3, -0.25) is 9.13 Å². The number of hydrogen-bond donors (Lipinski definition) is 1. The van der Waals surface area contributed by atoms with Crippen molar-refractivity contribution in [2.24, 2.45) is 19.8 Å². The molecule has 1 aromatic carbocycles. The Bertz CT molecular complexity index is 690. The molecular weight excluding hydrogens is 250 g/mol. The lowest BCUT2D eigenvalue weighted by atomic mass is 9.69. The third kappa shape index (κ3) is 1.74. The fourth-order valence-electron chi connectivity index (χ4n) is 3.82. The number of fused-ring (bicyclic) bond motifs is 1. The zero-order valence-electron chi connectivity index (χ0n) is 12.4. The Labute approximate surface area is 119 Å². The average molecular weight is 273 g/mol. The second-order valence-corrected chi connectivity index (χ2v) is 6.12. The van der Waals surface area contributed by atoms with Crippen LogP contribution in [0.2, 0.25) is 0 Å². The highest BCUT2D eigenvalue weighted by molar-refractivity contribution is 5.81. The largest absolute Gasteiger partial charge is 0.330 e. The smallest absolute Gasteiger partial charge is 0.328 e. The Hall–Kier alpha value is -1.55. The number of aromatic nitrogens is 2. The van der Waals surface area contributed by atoms with Gasteiger partial charge in [0.1, 0.15) is 0 Å². The summed E-state index contributed by atoms with van der Waals surface area (Å²) in [6.07, 6.45) is 6.02. The highest BCUT2D eigenvalue weighted by atomic mass is 16.1. The van der Waals surface area contributed by atoms with E-state index in [-0.39, 0.29) is 11.1 Å². The van der Waals surface area contributed by atoms with Crippen molar-refractivity contribution in [2.75, 3.05) is 6.54 Å². The minimum absolute atomic E-state index is 0.0374. The second-order valence-electron chi connectivity index (χ2n) is 6.12. The number of hydrogen-bond acceptors (Lipinski definition) is 2. The summed E-state index contributed by atoms with van der Waals surface area (Å²) in [4.78, 5) is 12.2. The molecule has 4 nitrogen and oxygen atoms in total. The van der Waals surface area contributed by atoms with Crippen LogP contribution in [0.3, 0.4) is 0 Å². The molecule has 1 saturated carbocycles. The lowest BCUT2D eigenvalue weighted by molar-refractivity contribution is 0.302. The third-order valence-corrected chi connectivity index (χ3v) is 5.06. The number of imidazole rings is 1. The first-order valence-electron chi connectivity index (χ1n) is 7.46. The molecule has 2 N–H and O–H groups in total. The van der Waals surface area contributed by atoms with E-state index < -0.39 is 0 Å². The van der Waals surface area contributed by atoms with E-state index in [0.717, 1.165) is 23.9 Å². The van der Waals surface area contributed by atoms with Gasteiger partial charge >= 0.3 is 5.69 Å². The summed E-state index contributed by atoms with van der Waals surface area (Å²) in [7, 11) is 3.70. The molecule has 1 heterocycles. The van der Waals surface area contributed by atoms with E-state index in [1.54, 1.807) is 9.13 Å². The number of rotatable bonds is 2. The van der Waals surface area contributed by atoms with Crippen molar-refractivity contribution >= 4 is 11.0 Å². The van der Waals surface area contributed by atoms with Crippen LogP contribution in [0.5, 0.6) is 0 Å². The first kappa shape index (κ1) is 13.4. The van der Waals surface area contributed by atoms with E-state index in [2.05, 4.69) is 12.1 Å². The van der Waals surface area contributed by atoms with Crippen LogP contribution < -0.4 is 11.4 Å². The molecule has 0 unspecified atom stereocenters. The Balaban J connectivity index is 2.31. The number of para-hydroxylation sites is 1. The summed E-state index contributed by atoms with van der Waals surface area (Å²) in [6.45, 7) is 0.662. The van der Waals surface area contributed by atoms with Gasteiger partial charge in [0, 0.05) is 26.1 Å². The van der Waals surface area contributed by atoms with Gasteiger partial charge in [0.2, 0.25) is 0 Å². The van der Waals surface area contributed by atoms with Gasteiger partial charge < -0.3 is 5.73 Å². The number of nitrogens with zero attached hydrogens (tertiary/aromatic N) is 2. The van der Waals surface area contributed by atoms with E-state index in [9.17, 15) is 4.79 Å².